The molecule has 0 fully saturated rings. The normalized spacial score (nSPS) is 12.2. The van der Waals surface area contributed by atoms with E-state index in [0.29, 0.717) is 22.8 Å². The smallest absolute Gasteiger partial charge is 0.417 e. The maximum absolute atomic E-state index is 13.1. The van der Waals surface area contributed by atoms with Crippen molar-refractivity contribution in [2.24, 2.45) is 0 Å². The average Bonchev–Trinajstić information content (AvgIpc) is 3.09. The molecule has 0 bridgehead atoms. The molecule has 0 amide bonds. The number of aromatic nitrogens is 3. The molecule has 0 aliphatic carbocycles. The van der Waals surface area contributed by atoms with E-state index in [0.717, 1.165) is 11.6 Å². The number of aromatic amines is 1. The molecule has 2 N–H and O–H groups in total. The Bertz CT molecular complexity index is 1280. The highest BCUT2D eigenvalue weighted by atomic mass is 35.5. The van der Waals surface area contributed by atoms with Gasteiger partial charge in [0.25, 0.3) is 0 Å². The van der Waals surface area contributed by atoms with E-state index in [2.05, 4.69) is 41.0 Å². The predicted molar refractivity (Wildman–Crippen MR) is 119 cm³/mol. The molecule has 2 aromatic carbocycles. The van der Waals surface area contributed by atoms with Gasteiger partial charge in [-0.15, -0.1) is 0 Å². The molecule has 0 aliphatic rings. The van der Waals surface area contributed by atoms with E-state index < -0.39 is 16.8 Å². The predicted octanol–water partition coefficient (Wildman–Crippen LogP) is 7.46. The number of hydrogen-bond donors (Lipinski definition) is 2. The van der Waals surface area contributed by atoms with Gasteiger partial charge in [0.1, 0.15) is 11.4 Å². The Morgan fingerprint density at radius 3 is 2.47 bits per heavy atom. The van der Waals surface area contributed by atoms with Gasteiger partial charge in [-0.05, 0) is 35.7 Å². The van der Waals surface area contributed by atoms with Crippen LogP contribution >= 0.6 is 11.6 Å². The van der Waals surface area contributed by atoms with E-state index in [4.69, 9.17) is 16.3 Å². The zero-order valence-electron chi connectivity index (χ0n) is 17.5. The van der Waals surface area contributed by atoms with Gasteiger partial charge in [0.2, 0.25) is 11.8 Å². The number of imidazole rings is 1. The van der Waals surface area contributed by atoms with Crippen LogP contribution in [0.5, 0.6) is 11.6 Å². The molecule has 0 atom stereocenters. The van der Waals surface area contributed by atoms with Gasteiger partial charge in [-0.3, -0.25) is 0 Å². The Morgan fingerprint density at radius 2 is 1.75 bits per heavy atom. The number of anilines is 2. The van der Waals surface area contributed by atoms with Gasteiger partial charge in [0.05, 0.1) is 21.6 Å². The minimum atomic E-state index is -4.57. The molecule has 9 heteroatoms. The number of nitrogens with zero attached hydrogens (tertiary/aromatic N) is 2. The van der Waals surface area contributed by atoms with Crippen molar-refractivity contribution in [3.63, 3.8) is 0 Å². The highest BCUT2D eigenvalue weighted by Gasteiger charge is 2.34. The Kier molecular flexibility index (Phi) is 5.50. The minimum absolute atomic E-state index is 0.133. The number of rotatable bonds is 4. The van der Waals surface area contributed by atoms with Crippen LogP contribution < -0.4 is 10.1 Å². The number of hydrogen-bond acceptors (Lipinski definition) is 4. The maximum atomic E-state index is 13.1. The topological polar surface area (TPSA) is 62.8 Å². The summed E-state index contributed by atoms with van der Waals surface area (Å²) in [6.45, 7) is 6.25. The van der Waals surface area contributed by atoms with Gasteiger partial charge in [-0.1, -0.05) is 50.6 Å². The summed E-state index contributed by atoms with van der Waals surface area (Å²) in [4.78, 5) is 11.5. The summed E-state index contributed by atoms with van der Waals surface area (Å²) in [5.74, 6) is 1.20. The standard InChI is InChI=1S/C23H20ClF3N4O/c1-22(2,3)13-7-4-5-9-19(13)32-20-16(8-6-10-28-20)29-21-30-17-11-14(23(25,26)27)15(24)12-18(17)31-21/h4-12H,1-3H3,(H2,29,30,31). The average molecular weight is 461 g/mol. The number of pyridine rings is 1. The van der Waals surface area contributed by atoms with Gasteiger partial charge in [0, 0.05) is 11.8 Å². The third-order valence-corrected chi connectivity index (χ3v) is 5.11. The van der Waals surface area contributed by atoms with Crippen molar-refractivity contribution in [1.82, 2.24) is 15.0 Å². The lowest BCUT2D eigenvalue weighted by Crippen LogP contribution is -2.12. The van der Waals surface area contributed by atoms with Crippen molar-refractivity contribution in [3.8, 4) is 11.6 Å². The lowest BCUT2D eigenvalue weighted by Gasteiger charge is -2.22. The number of halogens is 4. The second-order valence-electron chi connectivity index (χ2n) is 8.26. The molecule has 4 rings (SSSR count). The fraction of sp³-hybridized carbons (Fsp3) is 0.217. The summed E-state index contributed by atoms with van der Waals surface area (Å²) in [7, 11) is 0. The molecule has 2 heterocycles. The molecule has 0 aliphatic heterocycles. The Morgan fingerprint density at radius 1 is 1.00 bits per heavy atom. The number of H-pyrrole nitrogens is 1. The first-order chi connectivity index (χ1) is 15.0. The third-order valence-electron chi connectivity index (χ3n) is 4.80. The van der Waals surface area contributed by atoms with Crippen molar-refractivity contribution >= 4 is 34.3 Å². The number of nitrogens with one attached hydrogen (secondary N) is 2. The largest absolute Gasteiger partial charge is 0.437 e. The van der Waals surface area contributed by atoms with E-state index in [1.807, 2.05) is 24.3 Å². The van der Waals surface area contributed by atoms with Crippen molar-refractivity contribution < 1.29 is 17.9 Å². The van der Waals surface area contributed by atoms with Crippen LogP contribution in [0.15, 0.2) is 54.7 Å². The van der Waals surface area contributed by atoms with Gasteiger partial charge < -0.3 is 15.0 Å². The van der Waals surface area contributed by atoms with Gasteiger partial charge in [-0.2, -0.15) is 13.2 Å². The lowest BCUT2D eigenvalue weighted by atomic mass is 9.86. The van der Waals surface area contributed by atoms with Crippen LogP contribution in [0.1, 0.15) is 31.9 Å². The molecule has 0 saturated heterocycles. The second-order valence-corrected chi connectivity index (χ2v) is 8.67. The number of fused-ring (bicyclic) bond motifs is 1. The van der Waals surface area contributed by atoms with E-state index in [-0.39, 0.29) is 16.9 Å². The number of ether oxygens (including phenoxy) is 1. The lowest BCUT2D eigenvalue weighted by molar-refractivity contribution is -0.137. The molecular formula is C23H20ClF3N4O. The maximum Gasteiger partial charge on any atom is 0.417 e. The number of para-hydroxylation sites is 1. The Balaban J connectivity index is 1.67. The number of benzene rings is 2. The molecular weight excluding hydrogens is 441 g/mol. The molecule has 0 unspecified atom stereocenters. The zero-order chi connectivity index (χ0) is 23.1. The zero-order valence-corrected chi connectivity index (χ0v) is 18.3. The first-order valence-electron chi connectivity index (χ1n) is 9.78. The summed E-state index contributed by atoms with van der Waals surface area (Å²) in [6, 6.07) is 13.3. The van der Waals surface area contributed by atoms with Crippen LogP contribution in [-0.4, -0.2) is 15.0 Å². The second kappa shape index (κ2) is 8.02. The van der Waals surface area contributed by atoms with Gasteiger partial charge >= 0.3 is 6.18 Å². The molecule has 0 radical (unpaired) electrons. The first-order valence-corrected chi connectivity index (χ1v) is 10.2. The molecule has 0 spiro atoms. The Labute approximate surface area is 187 Å². The van der Waals surface area contributed by atoms with Crippen LogP contribution in [0.2, 0.25) is 5.02 Å². The van der Waals surface area contributed by atoms with Crippen molar-refractivity contribution in [1.29, 1.82) is 0 Å². The summed E-state index contributed by atoms with van der Waals surface area (Å²) in [5.41, 5.74) is 0.928. The summed E-state index contributed by atoms with van der Waals surface area (Å²) < 4.78 is 45.5. The van der Waals surface area contributed by atoms with Crippen molar-refractivity contribution in [2.45, 2.75) is 32.4 Å². The van der Waals surface area contributed by atoms with E-state index in [9.17, 15) is 13.2 Å². The summed E-state index contributed by atoms with van der Waals surface area (Å²) >= 11 is 5.81. The SMILES string of the molecule is CC(C)(C)c1ccccc1Oc1ncccc1Nc1nc2cc(C(F)(F)F)c(Cl)cc2[nH]1. The highest BCUT2D eigenvalue weighted by Crippen LogP contribution is 2.38. The van der Waals surface area contributed by atoms with Crippen LogP contribution in [0.3, 0.4) is 0 Å². The number of alkyl halides is 3. The van der Waals surface area contributed by atoms with Crippen molar-refractivity contribution in [3.05, 3.63) is 70.9 Å². The van der Waals surface area contributed by atoms with Crippen LogP contribution in [0.25, 0.3) is 11.0 Å². The highest BCUT2D eigenvalue weighted by molar-refractivity contribution is 6.32. The van der Waals surface area contributed by atoms with Gasteiger partial charge in [-0.25, -0.2) is 9.97 Å². The third kappa shape index (κ3) is 4.50. The Hall–Kier alpha value is -3.26. The van der Waals surface area contributed by atoms with E-state index in [1.165, 1.54) is 6.07 Å². The molecule has 32 heavy (non-hydrogen) atoms. The molecule has 2 aromatic heterocycles. The van der Waals surface area contributed by atoms with Crippen LogP contribution in [-0.2, 0) is 11.6 Å². The van der Waals surface area contributed by atoms with Crippen LogP contribution in [0.4, 0.5) is 24.8 Å². The summed E-state index contributed by atoms with van der Waals surface area (Å²) in [5, 5.41) is 2.64. The van der Waals surface area contributed by atoms with Crippen molar-refractivity contribution in [2.75, 3.05) is 5.32 Å². The van der Waals surface area contributed by atoms with Gasteiger partial charge in [0.15, 0.2) is 0 Å². The minimum Gasteiger partial charge on any atom is -0.437 e. The fourth-order valence-electron chi connectivity index (χ4n) is 3.28. The molecule has 5 nitrogen and oxygen atoms in total. The van der Waals surface area contributed by atoms with E-state index in [1.54, 1.807) is 18.3 Å². The molecule has 4 aromatic rings. The van der Waals surface area contributed by atoms with E-state index >= 15 is 0 Å². The first kappa shape index (κ1) is 22.0. The fourth-order valence-corrected chi connectivity index (χ4v) is 3.55. The molecule has 166 valence electrons. The monoisotopic (exact) mass is 460 g/mol. The quantitative estimate of drug-likeness (QED) is 0.331. The van der Waals surface area contributed by atoms with Crippen LogP contribution in [0, 0.1) is 0 Å². The molecule has 0 saturated carbocycles. The summed E-state index contributed by atoms with van der Waals surface area (Å²) in [6.07, 6.45) is -2.98.